The summed E-state index contributed by atoms with van der Waals surface area (Å²) in [5, 5.41) is 11.6. The van der Waals surface area contributed by atoms with Gasteiger partial charge in [-0.2, -0.15) is 0 Å². The Morgan fingerprint density at radius 2 is 1.28 bits per heavy atom. The van der Waals surface area contributed by atoms with Crippen LogP contribution in [0, 0.1) is 0 Å². The zero-order chi connectivity index (χ0) is 37.9. The van der Waals surface area contributed by atoms with Gasteiger partial charge in [0.25, 0.3) is 0 Å². The molecule has 1 aliphatic carbocycles. The molecule has 5 heterocycles. The van der Waals surface area contributed by atoms with Crippen molar-refractivity contribution in [2.24, 2.45) is 0 Å². The normalized spacial score (nSPS) is 17.1. The number of pyridine rings is 2. The monoisotopic (exact) mass is 733 g/mol. The van der Waals surface area contributed by atoms with Crippen molar-refractivity contribution >= 4 is 38.2 Å². The van der Waals surface area contributed by atoms with Crippen LogP contribution in [0.2, 0.25) is 0 Å². The lowest BCUT2D eigenvalue weighted by molar-refractivity contribution is 0.509. The van der Waals surface area contributed by atoms with E-state index in [1.807, 2.05) is 30.7 Å². The Bertz CT molecular complexity index is 3130. The van der Waals surface area contributed by atoms with Crippen molar-refractivity contribution in [3.63, 3.8) is 0 Å². The van der Waals surface area contributed by atoms with E-state index in [2.05, 4.69) is 162 Å². The lowest BCUT2D eigenvalue weighted by Gasteiger charge is -2.42. The van der Waals surface area contributed by atoms with Gasteiger partial charge in [-0.05, 0) is 94.2 Å². The molecule has 1 atom stereocenters. The lowest BCUT2D eigenvalue weighted by atomic mass is 9.74. The van der Waals surface area contributed by atoms with Gasteiger partial charge < -0.3 is 10.6 Å². The number of dihydropyridines is 2. The molecule has 7 nitrogen and oxygen atoms in total. The molecule has 0 spiro atoms. The second-order valence-electron chi connectivity index (χ2n) is 14.8. The van der Waals surface area contributed by atoms with Crippen LogP contribution in [-0.2, 0) is 0 Å². The standard InChI is InChI=1S/C50H35N7/c1-50-37(18-8-26-54-50)30-43(40-22-10-25-53-46(40)50)33-14-5-16-36(28-33)48-55-47(56-49(57-48)41-20-6-12-31-11-2-3-19-38(31)41)35-15-4-13-32(27-35)42-29-34-17-7-23-51-44(34)45-39(42)21-9-24-52-45/h2-24,26-30,53-54H,25H2,1H3. The van der Waals surface area contributed by atoms with Crippen LogP contribution in [0.15, 0.2) is 187 Å². The van der Waals surface area contributed by atoms with E-state index in [1.54, 1.807) is 0 Å². The smallest absolute Gasteiger partial charge is 0.164 e. The zero-order valence-electron chi connectivity index (χ0n) is 31.1. The molecule has 7 heteroatoms. The van der Waals surface area contributed by atoms with Crippen LogP contribution in [0.25, 0.3) is 83.4 Å². The van der Waals surface area contributed by atoms with Gasteiger partial charge in [0.1, 0.15) is 0 Å². The van der Waals surface area contributed by atoms with Gasteiger partial charge in [0, 0.05) is 57.7 Å². The third-order valence-corrected chi connectivity index (χ3v) is 11.4. The first kappa shape index (κ1) is 32.9. The molecular formula is C50H35N7. The van der Waals surface area contributed by atoms with E-state index in [1.165, 1.54) is 16.8 Å². The van der Waals surface area contributed by atoms with E-state index in [-0.39, 0.29) is 5.54 Å². The third kappa shape index (κ3) is 5.46. The maximum Gasteiger partial charge on any atom is 0.164 e. The lowest BCUT2D eigenvalue weighted by Crippen LogP contribution is -2.50. The van der Waals surface area contributed by atoms with Gasteiger partial charge in [0.15, 0.2) is 17.5 Å². The number of fused-ring (bicyclic) bond motifs is 6. The average molecular weight is 734 g/mol. The fourth-order valence-electron chi connectivity index (χ4n) is 8.53. The summed E-state index contributed by atoms with van der Waals surface area (Å²) in [4.78, 5) is 25.1. The Labute approximate surface area is 329 Å². The maximum atomic E-state index is 5.24. The third-order valence-electron chi connectivity index (χ3n) is 11.4. The van der Waals surface area contributed by atoms with Crippen molar-refractivity contribution in [3.8, 4) is 45.3 Å². The second kappa shape index (κ2) is 13.1. The SMILES string of the molecule is CC12NC=CC=C1C=C(c1cccc(-c3nc(-c4cccc(-c5cc6cccnc6c6ncccc56)c4)nc(-c4cccc5ccccc45)n3)c1)C1=C2NCC=C1. The predicted molar refractivity (Wildman–Crippen MR) is 231 cm³/mol. The number of hydrogen-bond acceptors (Lipinski definition) is 7. The van der Waals surface area contributed by atoms with Crippen LogP contribution >= 0.6 is 0 Å². The summed E-state index contributed by atoms with van der Waals surface area (Å²) >= 11 is 0. The summed E-state index contributed by atoms with van der Waals surface area (Å²) in [7, 11) is 0. The highest BCUT2D eigenvalue weighted by Crippen LogP contribution is 2.43. The van der Waals surface area contributed by atoms with Gasteiger partial charge in [0.05, 0.1) is 16.6 Å². The summed E-state index contributed by atoms with van der Waals surface area (Å²) < 4.78 is 0. The van der Waals surface area contributed by atoms with E-state index in [0.29, 0.717) is 17.5 Å². The number of aromatic nitrogens is 5. The second-order valence-corrected chi connectivity index (χ2v) is 14.8. The van der Waals surface area contributed by atoms with E-state index >= 15 is 0 Å². The van der Waals surface area contributed by atoms with Gasteiger partial charge in [-0.1, -0.05) is 109 Å². The van der Waals surface area contributed by atoms with Crippen molar-refractivity contribution < 1.29 is 0 Å². The Morgan fingerprint density at radius 1 is 0.596 bits per heavy atom. The number of rotatable bonds is 5. The largest absolute Gasteiger partial charge is 0.382 e. The minimum Gasteiger partial charge on any atom is -0.382 e. The quantitative estimate of drug-likeness (QED) is 0.170. The zero-order valence-corrected chi connectivity index (χ0v) is 31.1. The highest BCUT2D eigenvalue weighted by molar-refractivity contribution is 6.10. The molecular weight excluding hydrogens is 699 g/mol. The summed E-state index contributed by atoms with van der Waals surface area (Å²) in [6.07, 6.45) is 16.7. The topological polar surface area (TPSA) is 88.5 Å². The molecule has 0 amide bonds. The molecule has 11 rings (SSSR count). The Morgan fingerprint density at radius 3 is 2.16 bits per heavy atom. The van der Waals surface area contributed by atoms with Crippen molar-refractivity contribution in [2.45, 2.75) is 12.5 Å². The molecule has 0 fully saturated rings. The highest BCUT2D eigenvalue weighted by atomic mass is 15.1. The molecule has 2 aliphatic heterocycles. The first-order valence-corrected chi connectivity index (χ1v) is 19.2. The molecule has 3 aromatic heterocycles. The fourth-order valence-corrected chi connectivity index (χ4v) is 8.53. The molecule has 270 valence electrons. The molecule has 0 saturated carbocycles. The summed E-state index contributed by atoms with van der Waals surface area (Å²) in [5.41, 5.74) is 12.1. The molecule has 5 aromatic carbocycles. The van der Waals surface area contributed by atoms with Crippen molar-refractivity contribution in [2.75, 3.05) is 6.54 Å². The average Bonchev–Trinajstić information content (AvgIpc) is 3.28. The summed E-state index contributed by atoms with van der Waals surface area (Å²) in [5.74, 6) is 1.83. The molecule has 0 saturated heterocycles. The van der Waals surface area contributed by atoms with E-state index < -0.39 is 0 Å². The van der Waals surface area contributed by atoms with Crippen molar-refractivity contribution in [3.05, 3.63) is 193 Å². The molecule has 0 radical (unpaired) electrons. The van der Waals surface area contributed by atoms with Crippen LogP contribution in [0.3, 0.4) is 0 Å². The highest BCUT2D eigenvalue weighted by Gasteiger charge is 2.39. The number of nitrogens with zero attached hydrogens (tertiary/aromatic N) is 5. The van der Waals surface area contributed by atoms with E-state index in [4.69, 9.17) is 19.9 Å². The summed E-state index contributed by atoms with van der Waals surface area (Å²) in [6, 6.07) is 42.1. The minimum atomic E-state index is -0.326. The van der Waals surface area contributed by atoms with Gasteiger partial charge in [-0.25, -0.2) is 15.0 Å². The van der Waals surface area contributed by atoms with Gasteiger partial charge >= 0.3 is 0 Å². The Balaban J connectivity index is 1.09. The van der Waals surface area contributed by atoms with Crippen molar-refractivity contribution in [1.82, 2.24) is 35.6 Å². The van der Waals surface area contributed by atoms with Crippen LogP contribution < -0.4 is 10.6 Å². The molecule has 2 N–H and O–H groups in total. The van der Waals surface area contributed by atoms with Crippen LogP contribution in [0.1, 0.15) is 12.5 Å². The number of allylic oxidation sites excluding steroid dienone is 5. The van der Waals surface area contributed by atoms with Crippen LogP contribution in [0.5, 0.6) is 0 Å². The first-order valence-electron chi connectivity index (χ1n) is 19.2. The molecule has 3 aliphatic rings. The van der Waals surface area contributed by atoms with Crippen LogP contribution in [-0.4, -0.2) is 37.0 Å². The number of benzene rings is 5. The van der Waals surface area contributed by atoms with Crippen LogP contribution in [0.4, 0.5) is 0 Å². The molecule has 0 bridgehead atoms. The first-order chi connectivity index (χ1) is 28.1. The van der Waals surface area contributed by atoms with Gasteiger partial charge in [0.2, 0.25) is 0 Å². The number of nitrogens with one attached hydrogen (secondary N) is 2. The Hall–Kier alpha value is -7.51. The predicted octanol–water partition coefficient (Wildman–Crippen LogP) is 10.4. The van der Waals surface area contributed by atoms with Crippen molar-refractivity contribution in [1.29, 1.82) is 0 Å². The molecule has 1 unspecified atom stereocenters. The van der Waals surface area contributed by atoms with Gasteiger partial charge in [-0.3, -0.25) is 9.97 Å². The van der Waals surface area contributed by atoms with E-state index in [0.717, 1.165) is 78.1 Å². The fraction of sp³-hybridized carbons (Fsp3) is 0.0600. The molecule has 57 heavy (non-hydrogen) atoms. The molecule has 8 aromatic rings. The maximum absolute atomic E-state index is 5.24. The summed E-state index contributed by atoms with van der Waals surface area (Å²) in [6.45, 7) is 3.03. The minimum absolute atomic E-state index is 0.326. The van der Waals surface area contributed by atoms with E-state index in [9.17, 15) is 0 Å². The Kier molecular flexibility index (Phi) is 7.54. The number of hydrogen-bond donors (Lipinski definition) is 2. The van der Waals surface area contributed by atoms with Gasteiger partial charge in [-0.15, -0.1) is 0 Å².